The van der Waals surface area contributed by atoms with Gasteiger partial charge in [0.1, 0.15) is 5.76 Å². The molecule has 3 nitrogen and oxygen atoms in total. The van der Waals surface area contributed by atoms with Gasteiger partial charge in [0.25, 0.3) is 0 Å². The minimum absolute atomic E-state index is 0.806. The van der Waals surface area contributed by atoms with E-state index in [2.05, 4.69) is 37.1 Å². The van der Waals surface area contributed by atoms with E-state index in [9.17, 15) is 0 Å². The third kappa shape index (κ3) is 3.59. The van der Waals surface area contributed by atoms with Crippen LogP contribution in [0.4, 0.5) is 0 Å². The Hall–Kier alpha value is -0.800. The van der Waals surface area contributed by atoms with E-state index in [4.69, 9.17) is 4.42 Å². The molecule has 1 aromatic rings. The highest BCUT2D eigenvalue weighted by atomic mass is 16.3. The topological polar surface area (TPSA) is 28.4 Å². The summed E-state index contributed by atoms with van der Waals surface area (Å²) in [6, 6.07) is 2.09. The van der Waals surface area contributed by atoms with Gasteiger partial charge in [0, 0.05) is 25.2 Å². The molecular formula is C15H26N2O. The van der Waals surface area contributed by atoms with Crippen LogP contribution in [0.2, 0.25) is 0 Å². The van der Waals surface area contributed by atoms with Crippen LogP contribution in [-0.2, 0) is 13.1 Å². The number of piperidine rings is 1. The number of hydrogen-bond donors (Lipinski definition) is 1. The zero-order chi connectivity index (χ0) is 13.0. The molecule has 0 saturated carbocycles. The average molecular weight is 250 g/mol. The maximum Gasteiger partial charge on any atom is 0.122 e. The predicted octanol–water partition coefficient (Wildman–Crippen LogP) is 2.87. The predicted molar refractivity (Wildman–Crippen MR) is 74.3 cm³/mol. The normalized spacial score (nSPS) is 25.5. The first kappa shape index (κ1) is 13.6. The van der Waals surface area contributed by atoms with Crippen molar-refractivity contribution < 1.29 is 4.42 Å². The molecule has 0 bridgehead atoms. The first-order valence-electron chi connectivity index (χ1n) is 7.17. The van der Waals surface area contributed by atoms with E-state index < -0.39 is 0 Å². The molecule has 102 valence electrons. The second-order valence-electron chi connectivity index (χ2n) is 5.79. The molecule has 3 heteroatoms. The summed E-state index contributed by atoms with van der Waals surface area (Å²) in [5.74, 6) is 2.75. The fraction of sp³-hybridized carbons (Fsp3) is 0.733. The number of rotatable bonds is 5. The Kier molecular flexibility index (Phi) is 4.84. The van der Waals surface area contributed by atoms with Gasteiger partial charge in [-0.05, 0) is 30.9 Å². The van der Waals surface area contributed by atoms with E-state index in [1.807, 2.05) is 6.26 Å². The highest BCUT2D eigenvalue weighted by Gasteiger charge is 2.23. The molecular weight excluding hydrogens is 224 g/mol. The van der Waals surface area contributed by atoms with Gasteiger partial charge < -0.3 is 9.73 Å². The summed E-state index contributed by atoms with van der Waals surface area (Å²) in [6.45, 7) is 12.1. The number of hydrogen-bond acceptors (Lipinski definition) is 3. The molecule has 1 saturated heterocycles. The molecule has 2 heterocycles. The van der Waals surface area contributed by atoms with Gasteiger partial charge in [0.15, 0.2) is 0 Å². The monoisotopic (exact) mass is 250 g/mol. The molecule has 1 aromatic heterocycles. The van der Waals surface area contributed by atoms with Crippen molar-refractivity contribution in [1.82, 2.24) is 10.2 Å². The summed E-state index contributed by atoms with van der Waals surface area (Å²) in [5.41, 5.74) is 1.31. The molecule has 2 unspecified atom stereocenters. The van der Waals surface area contributed by atoms with E-state index in [-0.39, 0.29) is 0 Å². The van der Waals surface area contributed by atoms with E-state index in [1.54, 1.807) is 0 Å². The Morgan fingerprint density at radius 1 is 1.33 bits per heavy atom. The van der Waals surface area contributed by atoms with Crippen LogP contribution in [0.15, 0.2) is 16.7 Å². The van der Waals surface area contributed by atoms with Crippen LogP contribution in [0.1, 0.15) is 38.5 Å². The number of nitrogens with one attached hydrogen (secondary N) is 1. The Labute approximate surface area is 111 Å². The Morgan fingerprint density at radius 2 is 2.06 bits per heavy atom. The molecule has 2 atom stereocenters. The lowest BCUT2D eigenvalue weighted by Gasteiger charge is -2.34. The largest absolute Gasteiger partial charge is 0.468 e. The van der Waals surface area contributed by atoms with Gasteiger partial charge in [0.05, 0.1) is 12.8 Å². The van der Waals surface area contributed by atoms with Crippen molar-refractivity contribution in [2.45, 2.75) is 40.3 Å². The highest BCUT2D eigenvalue weighted by Crippen LogP contribution is 2.23. The van der Waals surface area contributed by atoms with Gasteiger partial charge in [0.2, 0.25) is 0 Å². The number of nitrogens with zero attached hydrogens (tertiary/aromatic N) is 1. The van der Waals surface area contributed by atoms with Crippen molar-refractivity contribution in [2.24, 2.45) is 11.8 Å². The van der Waals surface area contributed by atoms with Crippen molar-refractivity contribution >= 4 is 0 Å². The molecule has 0 aromatic carbocycles. The Bertz CT molecular complexity index is 351. The van der Waals surface area contributed by atoms with Crippen LogP contribution >= 0.6 is 0 Å². The quantitative estimate of drug-likeness (QED) is 0.871. The van der Waals surface area contributed by atoms with Crippen molar-refractivity contribution in [2.75, 3.05) is 19.6 Å². The van der Waals surface area contributed by atoms with Gasteiger partial charge in [-0.15, -0.1) is 0 Å². The molecule has 1 aliphatic rings. The smallest absolute Gasteiger partial charge is 0.122 e. The van der Waals surface area contributed by atoms with E-state index in [0.29, 0.717) is 0 Å². The molecule has 0 radical (unpaired) electrons. The fourth-order valence-corrected chi connectivity index (χ4v) is 3.05. The van der Waals surface area contributed by atoms with Crippen molar-refractivity contribution in [1.29, 1.82) is 0 Å². The fourth-order valence-electron chi connectivity index (χ4n) is 3.05. The lowest BCUT2D eigenvalue weighted by molar-refractivity contribution is 0.125. The first-order valence-corrected chi connectivity index (χ1v) is 7.17. The molecule has 0 aliphatic carbocycles. The SMILES string of the molecule is CCNCc1ccoc1CN1CC(C)CC(C)C1. The zero-order valence-electron chi connectivity index (χ0n) is 11.9. The van der Waals surface area contributed by atoms with Gasteiger partial charge in [-0.25, -0.2) is 0 Å². The van der Waals surface area contributed by atoms with Crippen LogP contribution in [-0.4, -0.2) is 24.5 Å². The summed E-state index contributed by atoms with van der Waals surface area (Å²) < 4.78 is 5.65. The highest BCUT2D eigenvalue weighted by molar-refractivity contribution is 5.16. The van der Waals surface area contributed by atoms with Crippen molar-refractivity contribution in [3.05, 3.63) is 23.7 Å². The van der Waals surface area contributed by atoms with Crippen LogP contribution < -0.4 is 5.32 Å². The first-order chi connectivity index (χ1) is 8.69. The Balaban J connectivity index is 1.94. The molecule has 18 heavy (non-hydrogen) atoms. The van der Waals surface area contributed by atoms with E-state index >= 15 is 0 Å². The molecule has 0 spiro atoms. The minimum Gasteiger partial charge on any atom is -0.468 e. The zero-order valence-corrected chi connectivity index (χ0v) is 11.9. The standard InChI is InChI=1S/C15H26N2O/c1-4-16-8-14-5-6-18-15(14)11-17-9-12(2)7-13(3)10-17/h5-6,12-13,16H,4,7-11H2,1-3H3. The maximum atomic E-state index is 5.65. The number of furan rings is 1. The third-order valence-electron chi connectivity index (χ3n) is 3.71. The van der Waals surface area contributed by atoms with Crippen LogP contribution in [0.3, 0.4) is 0 Å². The second-order valence-corrected chi connectivity index (χ2v) is 5.79. The Morgan fingerprint density at radius 3 is 2.72 bits per heavy atom. The van der Waals surface area contributed by atoms with E-state index in [1.165, 1.54) is 25.1 Å². The van der Waals surface area contributed by atoms with Crippen LogP contribution in [0.25, 0.3) is 0 Å². The number of likely N-dealkylation sites (tertiary alicyclic amines) is 1. The molecule has 0 amide bonds. The lowest BCUT2D eigenvalue weighted by Crippen LogP contribution is -2.38. The van der Waals surface area contributed by atoms with E-state index in [0.717, 1.165) is 37.2 Å². The second kappa shape index (κ2) is 6.39. The third-order valence-corrected chi connectivity index (χ3v) is 3.71. The average Bonchev–Trinajstić information content (AvgIpc) is 2.72. The van der Waals surface area contributed by atoms with Gasteiger partial charge >= 0.3 is 0 Å². The molecule has 1 aliphatic heterocycles. The molecule has 2 rings (SSSR count). The van der Waals surface area contributed by atoms with Crippen molar-refractivity contribution in [3.8, 4) is 0 Å². The minimum atomic E-state index is 0.806. The summed E-state index contributed by atoms with van der Waals surface area (Å²) >= 11 is 0. The molecule has 1 fully saturated rings. The maximum absolute atomic E-state index is 5.65. The molecule has 1 N–H and O–H groups in total. The van der Waals surface area contributed by atoms with Gasteiger partial charge in [-0.1, -0.05) is 20.8 Å². The van der Waals surface area contributed by atoms with Gasteiger partial charge in [-0.3, -0.25) is 4.90 Å². The summed E-state index contributed by atoms with van der Waals surface area (Å²) in [4.78, 5) is 2.53. The summed E-state index contributed by atoms with van der Waals surface area (Å²) in [5, 5.41) is 3.37. The lowest BCUT2D eigenvalue weighted by atomic mass is 9.92. The van der Waals surface area contributed by atoms with Crippen molar-refractivity contribution in [3.63, 3.8) is 0 Å². The summed E-state index contributed by atoms with van der Waals surface area (Å²) in [7, 11) is 0. The summed E-state index contributed by atoms with van der Waals surface area (Å²) in [6.07, 6.45) is 3.18. The van der Waals surface area contributed by atoms with Crippen LogP contribution in [0, 0.1) is 11.8 Å². The van der Waals surface area contributed by atoms with Crippen LogP contribution in [0.5, 0.6) is 0 Å². The van der Waals surface area contributed by atoms with Gasteiger partial charge in [-0.2, -0.15) is 0 Å².